The zero-order chi connectivity index (χ0) is 22.1. The Balaban J connectivity index is 0.00000113. The van der Waals surface area contributed by atoms with Crippen molar-refractivity contribution in [2.24, 2.45) is 0 Å². The summed E-state index contributed by atoms with van der Waals surface area (Å²) in [7, 11) is -3.33. The van der Waals surface area contributed by atoms with E-state index in [1.165, 1.54) is 56.3 Å². The van der Waals surface area contributed by atoms with Gasteiger partial charge in [0.2, 0.25) is 16.3 Å². The highest BCUT2D eigenvalue weighted by atomic mass is 32.3. The van der Waals surface area contributed by atoms with Crippen LogP contribution in [-0.2, 0) is 30.3 Å². The van der Waals surface area contributed by atoms with Gasteiger partial charge in [0.25, 0.3) is 0 Å². The fourth-order valence-corrected chi connectivity index (χ4v) is 3.31. The Kier molecular flexibility index (Phi) is 16.1. The van der Waals surface area contributed by atoms with E-state index in [0.29, 0.717) is 6.42 Å². The summed E-state index contributed by atoms with van der Waals surface area (Å²) >= 11 is 0. The second kappa shape index (κ2) is 16.7. The maximum atomic E-state index is 11.9. The van der Waals surface area contributed by atoms with Crippen LogP contribution in [0.1, 0.15) is 71.1 Å². The Hall–Kier alpha value is -1.09. The van der Waals surface area contributed by atoms with Gasteiger partial charge in [-0.2, -0.15) is 0 Å². The average molecular weight is 448 g/mol. The number of nitrogens with one attached hydrogen (secondary N) is 1. The molecule has 0 aliphatic carbocycles. The summed E-state index contributed by atoms with van der Waals surface area (Å²) < 4.78 is 31.0. The number of hydrogen-bond donors (Lipinski definition) is 1. The molecule has 0 saturated carbocycles. The molecule has 1 aromatic rings. The average Bonchev–Trinajstić information content (AvgIpc) is 2.67. The lowest BCUT2D eigenvalue weighted by Gasteiger charge is -2.06. The van der Waals surface area contributed by atoms with Crippen LogP contribution in [0, 0.1) is 0 Å². The fraction of sp³-hybridized carbons (Fsp3) is 0.667. The lowest BCUT2D eigenvalue weighted by molar-refractivity contribution is -0.116. The summed E-state index contributed by atoms with van der Waals surface area (Å²) in [6.07, 6.45) is 16.6. The van der Waals surface area contributed by atoms with E-state index >= 15 is 0 Å². The smallest absolute Gasteiger partial charge is 0.224 e. The van der Waals surface area contributed by atoms with E-state index in [1.807, 2.05) is 12.1 Å². The first kappa shape index (κ1) is 27.9. The van der Waals surface area contributed by atoms with Gasteiger partial charge in [-0.05, 0) is 30.7 Å². The second-order valence-corrected chi connectivity index (χ2v) is 10.3. The van der Waals surface area contributed by atoms with Gasteiger partial charge in [0.05, 0.1) is 7.11 Å². The van der Waals surface area contributed by atoms with E-state index in [-0.39, 0.29) is 16.8 Å². The van der Waals surface area contributed by atoms with E-state index in [1.54, 1.807) is 0 Å². The van der Waals surface area contributed by atoms with Crippen LogP contribution in [0.3, 0.4) is 0 Å². The Labute approximate surface area is 180 Å². The molecule has 0 atom stereocenters. The van der Waals surface area contributed by atoms with E-state index in [0.717, 1.165) is 19.2 Å². The zero-order valence-corrected chi connectivity index (χ0v) is 19.9. The quantitative estimate of drug-likeness (QED) is 0.201. The van der Waals surface area contributed by atoms with E-state index in [9.17, 15) is 17.8 Å². The molecule has 0 saturated heterocycles. The number of carbonyl (C=O) groups is 1. The van der Waals surface area contributed by atoms with Crippen LogP contribution in [0.25, 0.3) is 0 Å². The van der Waals surface area contributed by atoms with Gasteiger partial charge in [-0.25, -0.2) is 8.42 Å². The molecule has 1 aromatic carbocycles. The van der Waals surface area contributed by atoms with Crippen molar-refractivity contribution in [1.29, 1.82) is 0 Å². The lowest BCUT2D eigenvalue weighted by Crippen LogP contribution is -2.11. The van der Waals surface area contributed by atoms with E-state index < -0.39 is 10.4 Å². The minimum Gasteiger partial charge on any atom is -0.726 e. The molecule has 1 amide bonds. The van der Waals surface area contributed by atoms with Crippen molar-refractivity contribution >= 4 is 32.9 Å². The first-order chi connectivity index (χ1) is 13.7. The van der Waals surface area contributed by atoms with Gasteiger partial charge in [-0.1, -0.05) is 58.3 Å². The molecular formula is C21H37NO5S2. The molecule has 6 nitrogen and oxygen atoms in total. The molecule has 0 radical (unpaired) electrons. The maximum absolute atomic E-state index is 11.9. The molecule has 0 spiro atoms. The van der Waals surface area contributed by atoms with Gasteiger partial charge in [0.15, 0.2) is 4.90 Å². The summed E-state index contributed by atoms with van der Waals surface area (Å²) in [6.45, 7) is 2.25. The highest BCUT2D eigenvalue weighted by Gasteiger charge is 2.08. The Bertz CT molecular complexity index is 646. The third-order valence-corrected chi connectivity index (χ3v) is 5.94. The number of carbonyl (C=O) groups excluding carboxylic acids is 1. The molecule has 0 fully saturated rings. The molecular weight excluding hydrogens is 410 g/mol. The summed E-state index contributed by atoms with van der Waals surface area (Å²) in [5, 5.41) is 3.00. The number of unbranched alkanes of at least 4 members (excludes halogenated alkanes) is 8. The molecule has 0 aromatic heterocycles. The van der Waals surface area contributed by atoms with Crippen LogP contribution >= 0.6 is 0 Å². The molecule has 29 heavy (non-hydrogen) atoms. The predicted molar refractivity (Wildman–Crippen MR) is 121 cm³/mol. The maximum Gasteiger partial charge on any atom is 0.224 e. The Morgan fingerprint density at radius 1 is 0.966 bits per heavy atom. The number of amides is 1. The standard InChI is InChI=1S/C20H33NOS.CH4O4S/c1-4-5-6-7-8-9-10-11-12-13-20(22)21-18-14-16-19(17-15-18)23(2)3;1-5-6(2,3)4/h14-17H,4-13H2,1-3H3;1H3,(H,2,3,4). The van der Waals surface area contributed by atoms with E-state index in [4.69, 9.17) is 0 Å². The molecule has 0 bridgehead atoms. The lowest BCUT2D eigenvalue weighted by atomic mass is 10.1. The third-order valence-electron chi connectivity index (χ3n) is 4.32. The van der Waals surface area contributed by atoms with Crippen molar-refractivity contribution in [3.63, 3.8) is 0 Å². The van der Waals surface area contributed by atoms with Crippen molar-refractivity contribution < 1.29 is 21.9 Å². The van der Waals surface area contributed by atoms with Gasteiger partial charge in [-0.3, -0.25) is 8.98 Å². The van der Waals surface area contributed by atoms with Crippen molar-refractivity contribution in [2.45, 2.75) is 76.0 Å². The van der Waals surface area contributed by atoms with Crippen LogP contribution in [-0.4, -0.2) is 38.5 Å². The topological polar surface area (TPSA) is 95.5 Å². The number of rotatable bonds is 13. The monoisotopic (exact) mass is 447 g/mol. The van der Waals surface area contributed by atoms with Crippen LogP contribution in [0.2, 0.25) is 0 Å². The molecule has 1 N–H and O–H groups in total. The molecule has 0 heterocycles. The summed E-state index contributed by atoms with van der Waals surface area (Å²) in [6, 6.07) is 8.24. The third kappa shape index (κ3) is 17.5. The van der Waals surface area contributed by atoms with Crippen molar-refractivity contribution in [2.75, 3.05) is 24.9 Å². The van der Waals surface area contributed by atoms with Gasteiger partial charge < -0.3 is 9.87 Å². The molecule has 8 heteroatoms. The van der Waals surface area contributed by atoms with Crippen LogP contribution in [0.5, 0.6) is 0 Å². The highest BCUT2D eigenvalue weighted by Crippen LogP contribution is 2.15. The first-order valence-corrected chi connectivity index (χ1v) is 13.6. The predicted octanol–water partition coefficient (Wildman–Crippen LogP) is 4.88. The SMILES string of the molecule is CCCCCCCCCCCC(=O)Nc1ccc([S+](C)C)cc1.COS(=O)(=O)[O-]. The van der Waals surface area contributed by atoms with Gasteiger partial charge >= 0.3 is 0 Å². The molecule has 1 rings (SSSR count). The minimum atomic E-state index is -4.41. The molecule has 0 aliphatic rings. The van der Waals surface area contributed by atoms with Crippen LogP contribution < -0.4 is 5.32 Å². The van der Waals surface area contributed by atoms with E-state index in [2.05, 4.69) is 41.1 Å². The largest absolute Gasteiger partial charge is 0.726 e. The number of hydrogen-bond acceptors (Lipinski definition) is 5. The summed E-state index contributed by atoms with van der Waals surface area (Å²) in [5.41, 5.74) is 0.917. The number of benzene rings is 1. The van der Waals surface area contributed by atoms with Gasteiger partial charge in [0.1, 0.15) is 12.5 Å². The Morgan fingerprint density at radius 3 is 1.83 bits per heavy atom. The molecule has 0 unspecified atom stereocenters. The fourth-order valence-electron chi connectivity index (χ4n) is 2.63. The normalized spacial score (nSPS) is 11.1. The van der Waals surface area contributed by atoms with Gasteiger partial charge in [0, 0.05) is 23.0 Å². The summed E-state index contributed by atoms with van der Waals surface area (Å²) in [5.74, 6) is 0.146. The summed E-state index contributed by atoms with van der Waals surface area (Å²) in [4.78, 5) is 13.3. The van der Waals surface area contributed by atoms with Crippen molar-refractivity contribution in [3.8, 4) is 0 Å². The first-order valence-electron chi connectivity index (χ1n) is 10.2. The molecule has 168 valence electrons. The van der Waals surface area contributed by atoms with Crippen molar-refractivity contribution in [3.05, 3.63) is 24.3 Å². The molecule has 0 aliphatic heterocycles. The van der Waals surface area contributed by atoms with Crippen molar-refractivity contribution in [1.82, 2.24) is 0 Å². The Morgan fingerprint density at radius 2 is 1.41 bits per heavy atom. The minimum absolute atomic E-state index is 0.146. The second-order valence-electron chi connectivity index (χ2n) is 7.04. The van der Waals surface area contributed by atoms with Crippen LogP contribution in [0.4, 0.5) is 5.69 Å². The van der Waals surface area contributed by atoms with Gasteiger partial charge in [-0.15, -0.1) is 0 Å². The number of anilines is 1. The highest BCUT2D eigenvalue weighted by molar-refractivity contribution is 7.95. The zero-order valence-electron chi connectivity index (χ0n) is 18.2. The van der Waals surface area contributed by atoms with Crippen LogP contribution in [0.15, 0.2) is 29.2 Å².